The zero-order valence-corrected chi connectivity index (χ0v) is 15.3. The highest BCUT2D eigenvalue weighted by molar-refractivity contribution is 5.07. The van der Waals surface area contributed by atoms with Crippen molar-refractivity contribution in [2.75, 3.05) is 20.3 Å². The van der Waals surface area contributed by atoms with Crippen LogP contribution in [0.25, 0.3) is 0 Å². The molecule has 0 spiro atoms. The second kappa shape index (κ2) is 8.57. The van der Waals surface area contributed by atoms with Crippen molar-refractivity contribution in [1.29, 1.82) is 0 Å². The van der Waals surface area contributed by atoms with Crippen LogP contribution in [0.3, 0.4) is 0 Å². The maximum absolute atomic E-state index is 11.6. The Hall–Kier alpha value is -2.33. The molecule has 1 aliphatic heterocycles. The summed E-state index contributed by atoms with van der Waals surface area (Å²) in [6.07, 6.45) is 0.833. The van der Waals surface area contributed by atoms with Crippen LogP contribution in [0.1, 0.15) is 18.8 Å². The van der Waals surface area contributed by atoms with E-state index in [2.05, 4.69) is 9.97 Å². The molecule has 3 rings (SSSR count). The van der Waals surface area contributed by atoms with E-state index >= 15 is 0 Å². The first kappa shape index (κ1) is 19.4. The van der Waals surface area contributed by atoms with E-state index in [1.54, 1.807) is 17.7 Å². The van der Waals surface area contributed by atoms with E-state index < -0.39 is 30.0 Å². The Morgan fingerprint density at radius 2 is 2.19 bits per heavy atom. The molecule has 27 heavy (non-hydrogen) atoms. The molecule has 1 aliphatic rings. The zero-order valence-electron chi connectivity index (χ0n) is 15.3. The van der Waals surface area contributed by atoms with Crippen molar-refractivity contribution in [2.24, 2.45) is 0 Å². The Balaban J connectivity index is 1.93. The van der Waals surface area contributed by atoms with Gasteiger partial charge in [0, 0.05) is 25.0 Å². The molecule has 0 radical (unpaired) electrons. The lowest BCUT2D eigenvalue weighted by atomic mass is 10.1. The number of likely N-dealkylation sites (N-methyl/N-ethyl adjacent to an activating group) is 1. The molecule has 1 fully saturated rings. The fraction of sp³-hybridized carbons (Fsp3) is 0.500. The molecular formula is C18H24N4O5. The van der Waals surface area contributed by atoms with Crippen LogP contribution in [0.15, 0.2) is 41.5 Å². The highest BCUT2D eigenvalue weighted by atomic mass is 16.6. The number of hydrogen-bond acceptors (Lipinski definition) is 8. The molecule has 2 aromatic heterocycles. The van der Waals surface area contributed by atoms with E-state index in [0.29, 0.717) is 13.2 Å². The minimum Gasteiger partial charge on any atom is -0.465 e. The Morgan fingerprint density at radius 1 is 1.37 bits per heavy atom. The summed E-state index contributed by atoms with van der Waals surface area (Å²) in [4.78, 5) is 21.7. The van der Waals surface area contributed by atoms with Crippen molar-refractivity contribution in [3.8, 4) is 6.01 Å². The van der Waals surface area contributed by atoms with Crippen molar-refractivity contribution in [2.45, 2.75) is 37.9 Å². The number of ether oxygens (including phenoxy) is 2. The summed E-state index contributed by atoms with van der Waals surface area (Å²) >= 11 is 0. The average molecular weight is 376 g/mol. The van der Waals surface area contributed by atoms with Gasteiger partial charge in [-0.3, -0.25) is 19.2 Å². The van der Waals surface area contributed by atoms with Crippen molar-refractivity contribution in [3.63, 3.8) is 0 Å². The van der Waals surface area contributed by atoms with Crippen molar-refractivity contribution in [1.82, 2.24) is 19.4 Å². The fourth-order valence-corrected chi connectivity index (χ4v) is 3.27. The first-order valence-electron chi connectivity index (χ1n) is 8.81. The summed E-state index contributed by atoms with van der Waals surface area (Å²) in [5.41, 5.74) is 0.409. The average Bonchev–Trinajstić information content (AvgIpc) is 2.99. The molecule has 0 saturated carbocycles. The third-order valence-corrected chi connectivity index (χ3v) is 4.52. The van der Waals surface area contributed by atoms with Crippen molar-refractivity contribution < 1.29 is 19.7 Å². The molecule has 0 aliphatic carbocycles. The van der Waals surface area contributed by atoms with Gasteiger partial charge in [0.1, 0.15) is 12.2 Å². The topological polar surface area (TPSA) is 110 Å². The molecule has 0 aromatic carbocycles. The predicted octanol–water partition coefficient (Wildman–Crippen LogP) is -0.212. The van der Waals surface area contributed by atoms with Gasteiger partial charge in [-0.1, -0.05) is 6.07 Å². The quantitative estimate of drug-likeness (QED) is 0.683. The van der Waals surface area contributed by atoms with E-state index in [1.807, 2.05) is 30.1 Å². The molecular weight excluding hydrogens is 352 g/mol. The summed E-state index contributed by atoms with van der Waals surface area (Å²) in [5, 5.41) is 20.3. The number of hydrogen-bond donors (Lipinski definition) is 2. The van der Waals surface area contributed by atoms with Crippen LogP contribution < -0.4 is 10.3 Å². The number of rotatable bonds is 7. The minimum atomic E-state index is -0.942. The maximum atomic E-state index is 11.6. The van der Waals surface area contributed by atoms with E-state index in [4.69, 9.17) is 9.47 Å². The van der Waals surface area contributed by atoms with Gasteiger partial charge in [0.15, 0.2) is 6.23 Å². The van der Waals surface area contributed by atoms with Crippen LogP contribution in [0.2, 0.25) is 0 Å². The summed E-state index contributed by atoms with van der Waals surface area (Å²) in [6.45, 7) is 2.25. The highest BCUT2D eigenvalue weighted by Gasteiger charge is 2.47. The smallest absolute Gasteiger partial charge is 0.301 e. The lowest BCUT2D eigenvalue weighted by Gasteiger charge is -2.31. The summed E-state index contributed by atoms with van der Waals surface area (Å²) in [6, 6.07) is 6.53. The Morgan fingerprint density at radius 3 is 2.85 bits per heavy atom. The fourth-order valence-electron chi connectivity index (χ4n) is 3.27. The molecule has 0 bridgehead atoms. The van der Waals surface area contributed by atoms with Crippen LogP contribution in [-0.2, 0) is 11.3 Å². The molecule has 2 N–H and O–H groups in total. The molecule has 1 unspecified atom stereocenters. The molecule has 3 heterocycles. The highest BCUT2D eigenvalue weighted by Crippen LogP contribution is 2.34. The van der Waals surface area contributed by atoms with Crippen molar-refractivity contribution >= 4 is 0 Å². The van der Waals surface area contributed by atoms with Gasteiger partial charge in [-0.25, -0.2) is 0 Å². The summed E-state index contributed by atoms with van der Waals surface area (Å²) in [5.74, 6) is 0. The summed E-state index contributed by atoms with van der Waals surface area (Å²) < 4.78 is 12.9. The molecule has 9 heteroatoms. The first-order chi connectivity index (χ1) is 13.0. The van der Waals surface area contributed by atoms with E-state index in [-0.39, 0.29) is 12.6 Å². The number of aromatic nitrogens is 3. The third-order valence-electron chi connectivity index (χ3n) is 4.52. The van der Waals surface area contributed by atoms with Gasteiger partial charge in [-0.15, -0.1) is 0 Å². The minimum absolute atomic E-state index is 0.108. The Kier molecular flexibility index (Phi) is 6.17. The number of aliphatic hydroxyl groups excluding tert-OH is 2. The summed E-state index contributed by atoms with van der Waals surface area (Å²) in [7, 11) is 1.84. The second-order valence-electron chi connectivity index (χ2n) is 6.35. The number of pyridine rings is 1. The SMILES string of the molecule is CCOc1nc(=O)ccn1[C@@H]1O[C@H](CO)[C@H](O)C1N(C)Cc1ccccn1. The van der Waals surface area contributed by atoms with Gasteiger partial charge < -0.3 is 19.7 Å². The van der Waals surface area contributed by atoms with E-state index in [9.17, 15) is 15.0 Å². The number of nitrogens with zero attached hydrogens (tertiary/aromatic N) is 4. The monoisotopic (exact) mass is 376 g/mol. The predicted molar refractivity (Wildman–Crippen MR) is 96.2 cm³/mol. The standard InChI is InChI=1S/C18H24N4O5/c1-3-26-18-20-14(24)7-9-22(18)17-15(16(25)13(11-23)27-17)21(2)10-12-6-4-5-8-19-12/h4-9,13,15-17,23,25H,3,10-11H2,1-2H3/t13-,15?,16+,17-/m1/s1. The van der Waals surface area contributed by atoms with Gasteiger partial charge in [-0.2, -0.15) is 4.98 Å². The van der Waals surface area contributed by atoms with Gasteiger partial charge in [0.2, 0.25) is 0 Å². The first-order valence-corrected chi connectivity index (χ1v) is 8.81. The van der Waals surface area contributed by atoms with Gasteiger partial charge >= 0.3 is 6.01 Å². The third kappa shape index (κ3) is 4.16. The maximum Gasteiger partial charge on any atom is 0.301 e. The van der Waals surface area contributed by atoms with Crippen LogP contribution in [-0.4, -0.2) is 68.2 Å². The van der Waals surface area contributed by atoms with Gasteiger partial charge in [0.25, 0.3) is 5.56 Å². The Labute approximate surface area is 156 Å². The number of aliphatic hydroxyl groups is 2. The van der Waals surface area contributed by atoms with Crippen LogP contribution in [0.5, 0.6) is 6.01 Å². The molecule has 0 amide bonds. The van der Waals surface area contributed by atoms with E-state index in [0.717, 1.165) is 5.69 Å². The molecule has 1 saturated heterocycles. The Bertz CT molecular complexity index is 800. The lowest BCUT2D eigenvalue weighted by Crippen LogP contribution is -2.45. The van der Waals surface area contributed by atoms with E-state index in [1.165, 1.54) is 12.3 Å². The van der Waals surface area contributed by atoms with Gasteiger partial charge in [-0.05, 0) is 26.1 Å². The van der Waals surface area contributed by atoms with Crippen LogP contribution >= 0.6 is 0 Å². The second-order valence-corrected chi connectivity index (χ2v) is 6.35. The molecule has 146 valence electrons. The largest absolute Gasteiger partial charge is 0.465 e. The molecule has 9 nitrogen and oxygen atoms in total. The zero-order chi connectivity index (χ0) is 19.4. The van der Waals surface area contributed by atoms with Crippen LogP contribution in [0.4, 0.5) is 0 Å². The lowest BCUT2D eigenvalue weighted by molar-refractivity contribution is -0.0515. The van der Waals surface area contributed by atoms with Gasteiger partial charge in [0.05, 0.1) is 24.9 Å². The normalized spacial score (nSPS) is 25.1. The molecule has 2 aromatic rings. The van der Waals surface area contributed by atoms with Crippen LogP contribution in [0, 0.1) is 0 Å². The molecule has 4 atom stereocenters. The van der Waals surface area contributed by atoms with Crippen molar-refractivity contribution in [3.05, 3.63) is 52.7 Å².